The molecule has 19 nitrogen and oxygen atoms in total. The Balaban J connectivity index is 1.37. The molecular weight excluding hydrogens is 932 g/mol. The highest BCUT2D eigenvalue weighted by Crippen LogP contribution is 2.40. The zero-order chi connectivity index (χ0) is 51.4. The van der Waals surface area contributed by atoms with Gasteiger partial charge >= 0.3 is 0 Å². The molecule has 1 fully saturated rings. The Bertz CT molecular complexity index is 2580. The molecule has 2 heterocycles. The minimum atomic E-state index is -1.42. The predicted molar refractivity (Wildman–Crippen MR) is 268 cm³/mol. The van der Waals surface area contributed by atoms with E-state index in [2.05, 4.69) is 21.3 Å². The quantitative estimate of drug-likeness (QED) is 0.0710. The number of carbonyl (C=O) groups is 7. The molecule has 0 aromatic heterocycles. The number of hydrogen-bond donors (Lipinski definition) is 8. The maximum absolute atomic E-state index is 14.8. The zero-order valence-corrected chi connectivity index (χ0v) is 40.8. The van der Waals surface area contributed by atoms with Gasteiger partial charge in [-0.25, -0.2) is 0 Å². The van der Waals surface area contributed by atoms with E-state index in [1.807, 2.05) is 12.1 Å². The van der Waals surface area contributed by atoms with E-state index in [0.29, 0.717) is 58.0 Å². The first-order valence-corrected chi connectivity index (χ1v) is 24.0. The lowest BCUT2D eigenvalue weighted by Crippen LogP contribution is -2.58. The van der Waals surface area contributed by atoms with E-state index < -0.39 is 77.6 Å². The molecule has 71 heavy (non-hydrogen) atoms. The van der Waals surface area contributed by atoms with Crippen molar-refractivity contribution in [2.24, 2.45) is 22.9 Å². The van der Waals surface area contributed by atoms with Crippen LogP contribution < -0.4 is 53.7 Å². The summed E-state index contributed by atoms with van der Waals surface area (Å²) in [7, 11) is 1.43. The summed E-state index contributed by atoms with van der Waals surface area (Å²) >= 11 is 6.07. The first-order valence-electron chi connectivity index (χ1n) is 23.6. The molecule has 0 radical (unpaired) electrons. The normalized spacial score (nSPS) is 18.7. The molecule has 1 saturated heterocycles. The highest BCUT2D eigenvalue weighted by Gasteiger charge is 2.38. The SMILES string of the molecule is C[C@@H]1NC(=O)[C@@H](N(C)C(=O)[C@H](CCCN)NC(=O)c2ccc(-c3ccc(Cl)cc3)cc2)c2ccc(OCCN)c(c2)-c2cc(ccc2OCCN)C[C@@H](C(=O)N[C@@H](C)C(=O)N2CCCC2C(N)=O)NC1=O. The lowest BCUT2D eigenvalue weighted by atomic mass is 9.93. The highest BCUT2D eigenvalue weighted by molar-refractivity contribution is 6.30. The van der Waals surface area contributed by atoms with Crippen LogP contribution in [-0.2, 0) is 35.2 Å². The average Bonchev–Trinajstić information content (AvgIpc) is 3.87. The van der Waals surface area contributed by atoms with Gasteiger partial charge in [-0.2, -0.15) is 0 Å². The van der Waals surface area contributed by atoms with Crippen LogP contribution in [0.5, 0.6) is 11.5 Å². The van der Waals surface area contributed by atoms with E-state index in [-0.39, 0.29) is 57.8 Å². The van der Waals surface area contributed by atoms with Crippen LogP contribution in [0.15, 0.2) is 84.9 Å². The summed E-state index contributed by atoms with van der Waals surface area (Å²) in [5.74, 6) is -3.85. The molecular formula is C51H63ClN10O9. The fourth-order valence-corrected chi connectivity index (χ4v) is 8.81. The second-order valence-corrected chi connectivity index (χ2v) is 18.0. The van der Waals surface area contributed by atoms with Gasteiger partial charge in [0.15, 0.2) is 0 Å². The van der Waals surface area contributed by atoms with Crippen molar-refractivity contribution < 1.29 is 43.0 Å². The molecule has 2 aliphatic heterocycles. The van der Waals surface area contributed by atoms with Gasteiger partial charge in [0.2, 0.25) is 35.4 Å². The van der Waals surface area contributed by atoms with Gasteiger partial charge in [0.1, 0.15) is 61.0 Å². The molecule has 4 bridgehead atoms. The lowest BCUT2D eigenvalue weighted by molar-refractivity contribution is -0.142. The van der Waals surface area contributed by atoms with E-state index in [4.69, 9.17) is 44.0 Å². The van der Waals surface area contributed by atoms with Crippen molar-refractivity contribution in [3.63, 3.8) is 0 Å². The number of benzene rings is 4. The molecule has 20 heteroatoms. The van der Waals surface area contributed by atoms with E-state index in [1.54, 1.807) is 72.8 Å². The Labute approximate surface area is 417 Å². The fourth-order valence-electron chi connectivity index (χ4n) is 8.68. The van der Waals surface area contributed by atoms with Crippen LogP contribution >= 0.6 is 11.6 Å². The number of primary amides is 1. The molecule has 4 aromatic rings. The van der Waals surface area contributed by atoms with Gasteiger partial charge in [-0.15, -0.1) is 0 Å². The molecule has 2 aliphatic rings. The molecule has 378 valence electrons. The van der Waals surface area contributed by atoms with Crippen LogP contribution in [0.2, 0.25) is 5.02 Å². The number of nitrogens with two attached hydrogens (primary N) is 4. The van der Waals surface area contributed by atoms with Crippen molar-refractivity contribution in [3.8, 4) is 33.8 Å². The van der Waals surface area contributed by atoms with Gasteiger partial charge in [-0.1, -0.05) is 48.0 Å². The first kappa shape index (κ1) is 53.3. The number of amides is 7. The van der Waals surface area contributed by atoms with Gasteiger partial charge in [-0.05, 0) is 117 Å². The minimum absolute atomic E-state index is 0.0854. The Kier molecular flexibility index (Phi) is 18.5. The Hall–Kier alpha value is -7.06. The number of hydrogen-bond acceptors (Lipinski definition) is 12. The highest BCUT2D eigenvalue weighted by atomic mass is 35.5. The molecule has 6 rings (SSSR count). The van der Waals surface area contributed by atoms with Gasteiger partial charge in [0.05, 0.1) is 0 Å². The number of likely N-dealkylation sites (tertiary alicyclic amines) is 1. The topological polar surface area (TPSA) is 297 Å². The number of fused-ring (bicyclic) bond motifs is 5. The molecule has 6 atom stereocenters. The van der Waals surface area contributed by atoms with E-state index in [9.17, 15) is 33.6 Å². The maximum Gasteiger partial charge on any atom is 0.251 e. The summed E-state index contributed by atoms with van der Waals surface area (Å²) in [5, 5.41) is 11.6. The van der Waals surface area contributed by atoms with Crippen molar-refractivity contribution in [3.05, 3.63) is 107 Å². The summed E-state index contributed by atoms with van der Waals surface area (Å²) in [4.78, 5) is 99.9. The largest absolute Gasteiger partial charge is 0.492 e. The second kappa shape index (κ2) is 24.7. The average molecular weight is 996 g/mol. The fraction of sp³-hybridized carbons (Fsp3) is 0.392. The maximum atomic E-state index is 14.8. The molecule has 4 aromatic carbocycles. The Morgan fingerprint density at radius 3 is 2.06 bits per heavy atom. The number of rotatable bonds is 18. The molecule has 7 amide bonds. The lowest BCUT2D eigenvalue weighted by Gasteiger charge is -2.33. The van der Waals surface area contributed by atoms with Crippen molar-refractivity contribution >= 4 is 53.0 Å². The van der Waals surface area contributed by atoms with Gasteiger partial charge in [0.25, 0.3) is 5.91 Å². The number of likely N-dealkylation sites (N-methyl/N-ethyl adjacent to an activating group) is 1. The smallest absolute Gasteiger partial charge is 0.251 e. The predicted octanol–water partition coefficient (Wildman–Crippen LogP) is 1.91. The molecule has 0 spiro atoms. The first-order chi connectivity index (χ1) is 34.0. The third kappa shape index (κ3) is 13.2. The standard InChI is InChI=1S/C51H63ClN10O9/c1-29-46(64)60-40(48(66)58-30(2)50(68)62-23-5-7-41(62)45(56)63)27-31-8-18-42(70-24-21-54)37(26-31)38-28-35(15-19-43(38)71-25-22-55)44(49(67)57-29)61(3)51(69)39(6-4-20-53)59-47(65)34-11-9-32(10-12-34)33-13-16-36(52)17-14-33/h8-19,26,28-30,39-41,44H,4-7,20-25,27,53-55H2,1-3H3,(H2,56,63)(H,57,67)(H,58,66)(H,59,65)(H,60,64)/t29-,30-,39-,40-,41?,44-/m0/s1. The number of carbonyl (C=O) groups excluding carboxylic acids is 7. The molecule has 1 unspecified atom stereocenters. The summed E-state index contributed by atoms with van der Waals surface area (Å²) in [5.41, 5.74) is 27.0. The molecule has 12 N–H and O–H groups in total. The summed E-state index contributed by atoms with van der Waals surface area (Å²) in [6.07, 6.45) is 1.36. The van der Waals surface area contributed by atoms with Crippen LogP contribution in [0.1, 0.15) is 67.1 Å². The van der Waals surface area contributed by atoms with Crippen LogP contribution in [0, 0.1) is 0 Å². The van der Waals surface area contributed by atoms with Crippen LogP contribution in [0.25, 0.3) is 22.3 Å². The van der Waals surface area contributed by atoms with E-state index in [1.165, 1.54) is 30.7 Å². The van der Waals surface area contributed by atoms with Crippen molar-refractivity contribution in [2.45, 2.75) is 82.2 Å². The second-order valence-electron chi connectivity index (χ2n) is 17.6. The third-order valence-corrected chi connectivity index (χ3v) is 12.7. The number of halogens is 1. The summed E-state index contributed by atoms with van der Waals surface area (Å²) in [6, 6.07) is 17.2. The van der Waals surface area contributed by atoms with E-state index in [0.717, 1.165) is 11.1 Å². The van der Waals surface area contributed by atoms with Crippen LogP contribution in [0.4, 0.5) is 0 Å². The summed E-state index contributed by atoms with van der Waals surface area (Å²) < 4.78 is 12.3. The van der Waals surface area contributed by atoms with Crippen molar-refractivity contribution in [1.29, 1.82) is 0 Å². The van der Waals surface area contributed by atoms with Gasteiger partial charge in [0, 0.05) is 54.8 Å². The monoisotopic (exact) mass is 994 g/mol. The van der Waals surface area contributed by atoms with Crippen LogP contribution in [0.3, 0.4) is 0 Å². The number of ether oxygens (including phenoxy) is 2. The van der Waals surface area contributed by atoms with Gasteiger partial charge < -0.3 is 63.5 Å². The Morgan fingerprint density at radius 2 is 1.44 bits per heavy atom. The number of nitrogens with zero attached hydrogens (tertiary/aromatic N) is 2. The zero-order valence-electron chi connectivity index (χ0n) is 40.1. The molecule has 0 saturated carbocycles. The van der Waals surface area contributed by atoms with Gasteiger partial charge in [-0.3, -0.25) is 33.6 Å². The molecule has 0 aliphatic carbocycles. The van der Waals surface area contributed by atoms with Crippen molar-refractivity contribution in [1.82, 2.24) is 31.1 Å². The van der Waals surface area contributed by atoms with Crippen molar-refractivity contribution in [2.75, 3.05) is 46.4 Å². The van der Waals surface area contributed by atoms with E-state index >= 15 is 0 Å². The Morgan fingerprint density at radius 1 is 0.817 bits per heavy atom. The van der Waals surface area contributed by atoms with Crippen LogP contribution in [-0.4, -0.2) is 128 Å². The summed E-state index contributed by atoms with van der Waals surface area (Å²) in [6.45, 7) is 3.97. The number of nitrogens with one attached hydrogen (secondary N) is 4. The third-order valence-electron chi connectivity index (χ3n) is 12.4. The minimum Gasteiger partial charge on any atom is -0.492 e.